The van der Waals surface area contributed by atoms with Gasteiger partial charge in [0.05, 0.1) is 12.7 Å². The maximum absolute atomic E-state index is 12.6. The highest BCUT2D eigenvalue weighted by molar-refractivity contribution is 5.72. The van der Waals surface area contributed by atoms with E-state index in [2.05, 4.69) is 16.6 Å². The molecule has 18 heavy (non-hydrogen) atoms. The van der Waals surface area contributed by atoms with E-state index >= 15 is 0 Å². The molecule has 0 aliphatic carbocycles. The maximum atomic E-state index is 12.6. The second kappa shape index (κ2) is 5.58. The minimum Gasteiger partial charge on any atom is -0.468 e. The molecule has 0 N–H and O–H groups in total. The van der Waals surface area contributed by atoms with E-state index in [1.54, 1.807) is 0 Å². The fraction of sp³-hybridized carbons (Fsp3) is 0.308. The summed E-state index contributed by atoms with van der Waals surface area (Å²) in [5.74, 6) is 4.50. The molecule has 0 aromatic heterocycles. The maximum Gasteiger partial charge on any atom is 0.416 e. The average Bonchev–Trinajstić information content (AvgIpc) is 2.29. The molecule has 1 aromatic rings. The molecule has 0 fully saturated rings. The summed E-state index contributed by atoms with van der Waals surface area (Å²) >= 11 is 0. The molecular weight excluding hydrogens is 245 g/mol. The number of carbonyl (C=O) groups excluding carboxylic acids is 1. The van der Waals surface area contributed by atoms with E-state index in [1.165, 1.54) is 26.2 Å². The van der Waals surface area contributed by atoms with Gasteiger partial charge < -0.3 is 4.74 Å². The summed E-state index contributed by atoms with van der Waals surface area (Å²) in [5.41, 5.74) is -0.400. The van der Waals surface area contributed by atoms with Crippen LogP contribution in [0.15, 0.2) is 18.2 Å². The third-order valence-corrected chi connectivity index (χ3v) is 2.32. The summed E-state index contributed by atoms with van der Waals surface area (Å²) < 4.78 is 42.2. The lowest BCUT2D eigenvalue weighted by molar-refractivity contribution is -0.139. The fourth-order valence-electron chi connectivity index (χ4n) is 1.36. The van der Waals surface area contributed by atoms with Crippen LogP contribution in [-0.2, 0) is 15.7 Å². The van der Waals surface area contributed by atoms with Crippen molar-refractivity contribution in [2.75, 3.05) is 7.11 Å². The summed E-state index contributed by atoms with van der Waals surface area (Å²) in [7, 11) is 1.22. The normalized spacial score (nSPS) is 10.5. The monoisotopic (exact) mass is 256 g/mol. The lowest BCUT2D eigenvalue weighted by atomic mass is 10.0. The van der Waals surface area contributed by atoms with Crippen LogP contribution in [0.4, 0.5) is 13.2 Å². The highest BCUT2D eigenvalue weighted by Gasteiger charge is 2.32. The molecule has 0 spiro atoms. The summed E-state index contributed by atoms with van der Waals surface area (Å²) in [6.45, 7) is 1.35. The Morgan fingerprint density at radius 2 is 2.06 bits per heavy atom. The zero-order chi connectivity index (χ0) is 13.8. The first-order valence-electron chi connectivity index (χ1n) is 5.08. The fourth-order valence-corrected chi connectivity index (χ4v) is 1.36. The number of benzene rings is 1. The SMILES string of the molecule is COC(=O)CC#Cc1cccc(C(F)(F)F)c1C. The molecule has 0 heterocycles. The molecular formula is C13H11F3O2. The Kier molecular flexibility index (Phi) is 4.38. The van der Waals surface area contributed by atoms with E-state index in [4.69, 9.17) is 0 Å². The standard InChI is InChI=1S/C13H11F3O2/c1-9-10(6-4-8-12(17)18-2)5-3-7-11(9)13(14,15)16/h3,5,7H,8H2,1-2H3. The Bertz CT molecular complexity index is 507. The van der Waals surface area contributed by atoms with Gasteiger partial charge in [0.1, 0.15) is 6.42 Å². The van der Waals surface area contributed by atoms with Crippen molar-refractivity contribution in [3.8, 4) is 11.8 Å². The first-order valence-corrected chi connectivity index (χ1v) is 5.08. The van der Waals surface area contributed by atoms with Crippen molar-refractivity contribution in [2.24, 2.45) is 0 Å². The average molecular weight is 256 g/mol. The zero-order valence-electron chi connectivity index (χ0n) is 9.89. The number of alkyl halides is 3. The third-order valence-electron chi connectivity index (χ3n) is 2.32. The van der Waals surface area contributed by atoms with Gasteiger partial charge in [0, 0.05) is 5.56 Å². The molecule has 0 saturated carbocycles. The summed E-state index contributed by atoms with van der Waals surface area (Å²) in [4.78, 5) is 10.8. The van der Waals surface area contributed by atoms with Gasteiger partial charge in [0.15, 0.2) is 0 Å². The first kappa shape index (κ1) is 14.1. The zero-order valence-corrected chi connectivity index (χ0v) is 9.89. The molecule has 0 aliphatic rings. The van der Waals surface area contributed by atoms with Crippen LogP contribution in [0, 0.1) is 18.8 Å². The second-order valence-corrected chi connectivity index (χ2v) is 3.53. The van der Waals surface area contributed by atoms with Crippen LogP contribution >= 0.6 is 0 Å². The largest absolute Gasteiger partial charge is 0.468 e. The van der Waals surface area contributed by atoms with Crippen molar-refractivity contribution in [3.05, 3.63) is 34.9 Å². The number of hydrogen-bond acceptors (Lipinski definition) is 2. The number of ether oxygens (including phenoxy) is 1. The van der Waals surface area contributed by atoms with Crippen LogP contribution in [0.1, 0.15) is 23.1 Å². The number of esters is 1. The van der Waals surface area contributed by atoms with Gasteiger partial charge in [-0.3, -0.25) is 4.79 Å². The highest BCUT2D eigenvalue weighted by Crippen LogP contribution is 2.32. The molecule has 0 unspecified atom stereocenters. The summed E-state index contributed by atoms with van der Waals surface area (Å²) in [6, 6.07) is 3.77. The van der Waals surface area contributed by atoms with Gasteiger partial charge in [0.25, 0.3) is 0 Å². The minimum absolute atomic E-state index is 0.0577. The molecule has 0 atom stereocenters. The second-order valence-electron chi connectivity index (χ2n) is 3.53. The molecule has 0 bridgehead atoms. The van der Waals surface area contributed by atoms with Gasteiger partial charge in [-0.1, -0.05) is 17.9 Å². The molecule has 2 nitrogen and oxygen atoms in total. The van der Waals surface area contributed by atoms with Gasteiger partial charge in [0.2, 0.25) is 0 Å². The Morgan fingerprint density at radius 1 is 1.39 bits per heavy atom. The lowest BCUT2D eigenvalue weighted by Crippen LogP contribution is -2.08. The smallest absolute Gasteiger partial charge is 0.416 e. The van der Waals surface area contributed by atoms with Crippen LogP contribution < -0.4 is 0 Å². The number of methoxy groups -OCH3 is 1. The van der Waals surface area contributed by atoms with E-state index in [0.717, 1.165) is 6.07 Å². The molecule has 1 aromatic carbocycles. The van der Waals surface area contributed by atoms with Gasteiger partial charge in [-0.15, -0.1) is 0 Å². The highest BCUT2D eigenvalue weighted by atomic mass is 19.4. The summed E-state index contributed by atoms with van der Waals surface area (Å²) in [6.07, 6.45) is -4.55. The van der Waals surface area contributed by atoms with Crippen molar-refractivity contribution < 1.29 is 22.7 Å². The minimum atomic E-state index is -4.40. The van der Waals surface area contributed by atoms with Gasteiger partial charge >= 0.3 is 12.1 Å². The quantitative estimate of drug-likeness (QED) is 0.570. The van der Waals surface area contributed by atoms with E-state index in [-0.39, 0.29) is 17.5 Å². The molecule has 0 aliphatic heterocycles. The van der Waals surface area contributed by atoms with Crippen molar-refractivity contribution in [1.82, 2.24) is 0 Å². The topological polar surface area (TPSA) is 26.3 Å². The summed E-state index contributed by atoms with van der Waals surface area (Å²) in [5, 5.41) is 0. The predicted molar refractivity (Wildman–Crippen MR) is 59.7 cm³/mol. The molecule has 5 heteroatoms. The Balaban J connectivity index is 3.02. The number of halogens is 3. The van der Waals surface area contributed by atoms with Crippen LogP contribution in [0.5, 0.6) is 0 Å². The molecule has 0 amide bonds. The van der Waals surface area contributed by atoms with Gasteiger partial charge in [-0.05, 0) is 24.6 Å². The molecule has 0 saturated heterocycles. The number of hydrogen-bond donors (Lipinski definition) is 0. The molecule has 0 radical (unpaired) electrons. The van der Waals surface area contributed by atoms with Crippen LogP contribution in [0.2, 0.25) is 0 Å². The van der Waals surface area contributed by atoms with Crippen molar-refractivity contribution in [1.29, 1.82) is 0 Å². The molecule has 96 valence electrons. The number of carbonyl (C=O) groups is 1. The third kappa shape index (κ3) is 3.52. The van der Waals surface area contributed by atoms with Crippen molar-refractivity contribution in [2.45, 2.75) is 19.5 Å². The Hall–Kier alpha value is -1.96. The van der Waals surface area contributed by atoms with Crippen molar-refractivity contribution >= 4 is 5.97 Å². The Morgan fingerprint density at radius 3 is 2.61 bits per heavy atom. The predicted octanol–water partition coefficient (Wildman–Crippen LogP) is 2.93. The van der Waals surface area contributed by atoms with E-state index in [1.807, 2.05) is 0 Å². The lowest BCUT2D eigenvalue weighted by Gasteiger charge is -2.10. The van der Waals surface area contributed by atoms with E-state index < -0.39 is 17.7 Å². The van der Waals surface area contributed by atoms with Crippen LogP contribution in [0.25, 0.3) is 0 Å². The van der Waals surface area contributed by atoms with Crippen LogP contribution in [-0.4, -0.2) is 13.1 Å². The molecule has 1 rings (SSSR count). The van der Waals surface area contributed by atoms with E-state index in [0.29, 0.717) is 0 Å². The van der Waals surface area contributed by atoms with Gasteiger partial charge in [-0.25, -0.2) is 0 Å². The Labute approximate surface area is 103 Å². The van der Waals surface area contributed by atoms with Crippen molar-refractivity contribution in [3.63, 3.8) is 0 Å². The van der Waals surface area contributed by atoms with E-state index in [9.17, 15) is 18.0 Å². The first-order chi connectivity index (χ1) is 8.36. The van der Waals surface area contributed by atoms with Gasteiger partial charge in [-0.2, -0.15) is 13.2 Å². The van der Waals surface area contributed by atoms with Crippen LogP contribution in [0.3, 0.4) is 0 Å². The number of rotatable bonds is 1.